The summed E-state index contributed by atoms with van der Waals surface area (Å²) in [7, 11) is 1.22. The van der Waals surface area contributed by atoms with Crippen molar-refractivity contribution in [3.05, 3.63) is 57.6 Å². The Kier molecular flexibility index (Phi) is 4.50. The number of hydrogen-bond donors (Lipinski definition) is 1. The monoisotopic (exact) mass is 324 g/mol. The number of carboxylic acids is 1. The molecule has 0 aromatic heterocycles. The number of carboxylic acid groups (broad SMARTS) is 1. The molecule has 0 saturated heterocycles. The van der Waals surface area contributed by atoms with Gasteiger partial charge in [-0.15, -0.1) is 0 Å². The summed E-state index contributed by atoms with van der Waals surface area (Å²) in [4.78, 5) is 22.8. The molecule has 0 radical (unpaired) electrons. The van der Waals surface area contributed by atoms with Gasteiger partial charge in [0, 0.05) is 15.6 Å². The molecule has 0 amide bonds. The molecule has 2 rings (SSSR count). The number of ether oxygens (including phenoxy) is 1. The number of carbonyl (C=O) groups excluding carboxylic acids is 1. The largest absolute Gasteiger partial charge is 0.478 e. The van der Waals surface area contributed by atoms with Crippen LogP contribution in [0.5, 0.6) is 0 Å². The van der Waals surface area contributed by atoms with Crippen LogP contribution in [0, 0.1) is 0 Å². The van der Waals surface area contributed by atoms with Crippen LogP contribution in [0.3, 0.4) is 0 Å². The highest BCUT2D eigenvalue weighted by atomic mass is 35.5. The second-order valence-electron chi connectivity index (χ2n) is 4.22. The summed E-state index contributed by atoms with van der Waals surface area (Å²) in [6.45, 7) is 0. The molecule has 0 aliphatic heterocycles. The Balaban J connectivity index is 2.67. The van der Waals surface area contributed by atoms with Gasteiger partial charge < -0.3 is 9.84 Å². The summed E-state index contributed by atoms with van der Waals surface area (Å²) < 4.78 is 4.62. The molecule has 0 unspecified atom stereocenters. The topological polar surface area (TPSA) is 63.6 Å². The zero-order chi connectivity index (χ0) is 15.6. The van der Waals surface area contributed by atoms with Crippen LogP contribution in [0.2, 0.25) is 10.0 Å². The van der Waals surface area contributed by atoms with E-state index in [1.807, 2.05) is 0 Å². The predicted molar refractivity (Wildman–Crippen MR) is 80.2 cm³/mol. The minimum atomic E-state index is -1.15. The third-order valence-electron chi connectivity index (χ3n) is 2.84. The number of benzene rings is 2. The highest BCUT2D eigenvalue weighted by Crippen LogP contribution is 2.32. The Bertz CT molecular complexity index is 726. The van der Waals surface area contributed by atoms with Crippen molar-refractivity contribution >= 4 is 35.1 Å². The molecular weight excluding hydrogens is 315 g/mol. The highest BCUT2D eigenvalue weighted by Gasteiger charge is 2.15. The van der Waals surface area contributed by atoms with Gasteiger partial charge in [0.2, 0.25) is 0 Å². The number of carbonyl (C=O) groups is 2. The van der Waals surface area contributed by atoms with E-state index in [4.69, 9.17) is 28.3 Å². The van der Waals surface area contributed by atoms with E-state index in [-0.39, 0.29) is 11.1 Å². The van der Waals surface area contributed by atoms with Crippen molar-refractivity contribution < 1.29 is 19.4 Å². The van der Waals surface area contributed by atoms with Crippen LogP contribution in [0.4, 0.5) is 0 Å². The van der Waals surface area contributed by atoms with Gasteiger partial charge in [-0.2, -0.15) is 0 Å². The Hall–Kier alpha value is -2.04. The van der Waals surface area contributed by atoms with Crippen molar-refractivity contribution in [1.29, 1.82) is 0 Å². The summed E-state index contributed by atoms with van der Waals surface area (Å²) in [5.74, 6) is -1.78. The van der Waals surface area contributed by atoms with Crippen molar-refractivity contribution in [1.82, 2.24) is 0 Å². The van der Waals surface area contributed by atoms with Crippen LogP contribution in [0.1, 0.15) is 20.7 Å². The molecule has 0 spiro atoms. The van der Waals surface area contributed by atoms with Gasteiger partial charge in [-0.1, -0.05) is 23.2 Å². The molecule has 108 valence electrons. The molecule has 0 aliphatic rings. The van der Waals surface area contributed by atoms with Crippen molar-refractivity contribution in [3.63, 3.8) is 0 Å². The summed E-state index contributed by atoms with van der Waals surface area (Å²) in [6.07, 6.45) is 0. The first-order valence-corrected chi connectivity index (χ1v) is 6.60. The third kappa shape index (κ3) is 3.35. The lowest BCUT2D eigenvalue weighted by atomic mass is 9.99. The lowest BCUT2D eigenvalue weighted by Crippen LogP contribution is -2.05. The van der Waals surface area contributed by atoms with E-state index in [0.717, 1.165) is 0 Å². The minimum Gasteiger partial charge on any atom is -0.478 e. The first kappa shape index (κ1) is 15.4. The Morgan fingerprint density at radius 3 is 2.33 bits per heavy atom. The van der Waals surface area contributed by atoms with Gasteiger partial charge in [0.15, 0.2) is 0 Å². The Morgan fingerprint density at radius 2 is 1.71 bits per heavy atom. The molecule has 0 saturated carbocycles. The summed E-state index contributed by atoms with van der Waals surface area (Å²) in [5, 5.41) is 10.0. The summed E-state index contributed by atoms with van der Waals surface area (Å²) in [5.41, 5.74) is 1.10. The van der Waals surface area contributed by atoms with Crippen molar-refractivity contribution in [2.75, 3.05) is 7.11 Å². The van der Waals surface area contributed by atoms with Crippen LogP contribution in [0.15, 0.2) is 36.4 Å². The second-order valence-corrected chi connectivity index (χ2v) is 5.06. The van der Waals surface area contributed by atoms with E-state index in [1.54, 1.807) is 18.2 Å². The lowest BCUT2D eigenvalue weighted by molar-refractivity contribution is 0.0601. The average Bonchev–Trinajstić information content (AvgIpc) is 2.48. The quantitative estimate of drug-likeness (QED) is 0.861. The summed E-state index contributed by atoms with van der Waals surface area (Å²) >= 11 is 12.0. The molecule has 2 aromatic rings. The number of methoxy groups -OCH3 is 1. The van der Waals surface area contributed by atoms with E-state index in [0.29, 0.717) is 21.2 Å². The first-order valence-electron chi connectivity index (χ1n) is 5.84. The summed E-state index contributed by atoms with van der Waals surface area (Å²) in [6, 6.07) is 9.00. The zero-order valence-electron chi connectivity index (χ0n) is 10.9. The van der Waals surface area contributed by atoms with E-state index in [2.05, 4.69) is 4.74 Å². The maximum atomic E-state index is 11.6. The molecule has 0 fully saturated rings. The van der Waals surface area contributed by atoms with Crippen LogP contribution >= 0.6 is 23.2 Å². The van der Waals surface area contributed by atoms with Crippen LogP contribution < -0.4 is 0 Å². The van der Waals surface area contributed by atoms with Crippen molar-refractivity contribution in [2.45, 2.75) is 0 Å². The fourth-order valence-electron chi connectivity index (χ4n) is 1.86. The molecule has 4 nitrogen and oxygen atoms in total. The van der Waals surface area contributed by atoms with Gasteiger partial charge in [0.05, 0.1) is 18.2 Å². The number of aromatic carboxylic acids is 1. The number of rotatable bonds is 3. The molecule has 0 atom stereocenters. The molecule has 0 heterocycles. The molecule has 6 heteroatoms. The molecular formula is C15H10Cl2O4. The molecule has 1 N–H and O–H groups in total. The van der Waals surface area contributed by atoms with Gasteiger partial charge in [-0.25, -0.2) is 9.59 Å². The number of hydrogen-bond acceptors (Lipinski definition) is 3. The van der Waals surface area contributed by atoms with Gasteiger partial charge >= 0.3 is 11.9 Å². The van der Waals surface area contributed by atoms with E-state index >= 15 is 0 Å². The zero-order valence-corrected chi connectivity index (χ0v) is 12.4. The standard InChI is InChI=1S/C15H10Cl2O4/c1-21-15(20)10-5-8(4-9(6-10)14(18)19)12-7-11(16)2-3-13(12)17/h2-7H,1H3,(H,18,19). The van der Waals surface area contributed by atoms with Crippen molar-refractivity contribution in [3.8, 4) is 11.1 Å². The maximum absolute atomic E-state index is 11.6. The SMILES string of the molecule is COC(=O)c1cc(C(=O)O)cc(-c2cc(Cl)ccc2Cl)c1. The fraction of sp³-hybridized carbons (Fsp3) is 0.0667. The van der Waals surface area contributed by atoms with E-state index < -0.39 is 11.9 Å². The number of esters is 1. The van der Waals surface area contributed by atoms with Gasteiger partial charge in [0.25, 0.3) is 0 Å². The third-order valence-corrected chi connectivity index (χ3v) is 3.41. The molecule has 0 aliphatic carbocycles. The molecule has 0 bridgehead atoms. The van der Waals surface area contributed by atoms with E-state index in [1.165, 1.54) is 25.3 Å². The van der Waals surface area contributed by atoms with Gasteiger partial charge in [-0.3, -0.25) is 0 Å². The van der Waals surface area contributed by atoms with Crippen LogP contribution in [-0.4, -0.2) is 24.2 Å². The molecule has 21 heavy (non-hydrogen) atoms. The first-order chi connectivity index (χ1) is 9.92. The predicted octanol–water partition coefficient (Wildman–Crippen LogP) is 4.15. The maximum Gasteiger partial charge on any atom is 0.337 e. The smallest absolute Gasteiger partial charge is 0.337 e. The van der Waals surface area contributed by atoms with Gasteiger partial charge in [-0.05, 0) is 42.0 Å². The normalized spacial score (nSPS) is 10.2. The van der Waals surface area contributed by atoms with Crippen molar-refractivity contribution in [2.24, 2.45) is 0 Å². The number of halogens is 2. The van der Waals surface area contributed by atoms with Crippen LogP contribution in [-0.2, 0) is 4.74 Å². The second kappa shape index (κ2) is 6.16. The Labute approximate surface area is 130 Å². The Morgan fingerprint density at radius 1 is 1.05 bits per heavy atom. The average molecular weight is 325 g/mol. The highest BCUT2D eigenvalue weighted by molar-refractivity contribution is 6.35. The van der Waals surface area contributed by atoms with Crippen LogP contribution in [0.25, 0.3) is 11.1 Å². The lowest BCUT2D eigenvalue weighted by Gasteiger charge is -2.09. The fourth-order valence-corrected chi connectivity index (χ4v) is 2.26. The molecule has 2 aromatic carbocycles. The van der Waals surface area contributed by atoms with E-state index in [9.17, 15) is 9.59 Å². The minimum absolute atomic E-state index is 0.0380. The van der Waals surface area contributed by atoms with Gasteiger partial charge in [0.1, 0.15) is 0 Å².